The maximum Gasteiger partial charge on any atom is 0.251 e. The lowest BCUT2D eigenvalue weighted by atomic mass is 9.95. The van der Waals surface area contributed by atoms with Crippen LogP contribution in [0.3, 0.4) is 0 Å². The summed E-state index contributed by atoms with van der Waals surface area (Å²) in [5.74, 6) is -0.112. The lowest BCUT2D eigenvalue weighted by Crippen LogP contribution is -2.38. The quantitative estimate of drug-likeness (QED) is 0.667. The molecule has 0 radical (unpaired) electrons. The highest BCUT2D eigenvalue weighted by Crippen LogP contribution is 2.30. The molecular weight excluding hydrogens is 374 g/mol. The smallest absolute Gasteiger partial charge is 0.251 e. The fraction of sp³-hybridized carbons (Fsp3) is 0.280. The maximum atomic E-state index is 12.8. The van der Waals surface area contributed by atoms with Gasteiger partial charge in [-0.25, -0.2) is 0 Å². The van der Waals surface area contributed by atoms with Crippen LogP contribution in [0.15, 0.2) is 60.7 Å². The lowest BCUT2D eigenvalue weighted by molar-refractivity contribution is -0.115. The third-order valence-corrected chi connectivity index (χ3v) is 5.38. The second kappa shape index (κ2) is 8.57. The van der Waals surface area contributed by atoms with E-state index in [0.29, 0.717) is 5.56 Å². The van der Waals surface area contributed by atoms with Crippen molar-refractivity contribution in [1.29, 1.82) is 0 Å². The third kappa shape index (κ3) is 4.30. The Labute approximate surface area is 177 Å². The Hall–Kier alpha value is -3.34. The first-order valence-electron chi connectivity index (χ1n) is 10.5. The molecule has 0 atom stereocenters. The Morgan fingerprint density at radius 2 is 1.80 bits per heavy atom. The van der Waals surface area contributed by atoms with Gasteiger partial charge < -0.3 is 15.5 Å². The number of carbonyl (C=O) groups is 2. The largest absolute Gasteiger partial charge is 0.362 e. The molecule has 1 aliphatic rings. The van der Waals surface area contributed by atoms with Gasteiger partial charge in [-0.1, -0.05) is 36.4 Å². The number of nitrogens with zero attached hydrogens (tertiary/aromatic N) is 1. The molecule has 1 heterocycles. The summed E-state index contributed by atoms with van der Waals surface area (Å²) < 4.78 is 0. The average molecular weight is 402 g/mol. The summed E-state index contributed by atoms with van der Waals surface area (Å²) >= 11 is 0. The molecule has 0 spiro atoms. The predicted octanol–water partition coefficient (Wildman–Crippen LogP) is 4.37. The first-order chi connectivity index (χ1) is 14.5. The number of rotatable bonds is 5. The van der Waals surface area contributed by atoms with Gasteiger partial charge in [-0.3, -0.25) is 9.59 Å². The second-order valence-corrected chi connectivity index (χ2v) is 8.07. The van der Waals surface area contributed by atoms with E-state index in [9.17, 15) is 9.59 Å². The van der Waals surface area contributed by atoms with Crippen molar-refractivity contribution in [3.8, 4) is 0 Å². The fourth-order valence-corrected chi connectivity index (χ4v) is 4.06. The average Bonchev–Trinajstić information content (AvgIpc) is 2.73. The summed E-state index contributed by atoms with van der Waals surface area (Å²) in [5, 5.41) is 8.23. The number of hydrogen-bond acceptors (Lipinski definition) is 3. The Balaban J connectivity index is 1.50. The topological polar surface area (TPSA) is 61.4 Å². The van der Waals surface area contributed by atoms with E-state index in [1.807, 2.05) is 68.4 Å². The standard InChI is InChI=1S/C25H27N3O2/c1-17(2)26-25(30)22-9-5-11-23-21(22)10-6-14-28(23)16-24(29)27-20-13-12-18-7-3-4-8-19(18)15-20/h3-5,7-9,11-13,15,17H,6,10,14,16H2,1-2H3,(H,26,30)(H,27,29). The Morgan fingerprint density at radius 1 is 1.00 bits per heavy atom. The van der Waals surface area contributed by atoms with Gasteiger partial charge in [0.25, 0.3) is 5.91 Å². The van der Waals surface area contributed by atoms with Gasteiger partial charge in [0.2, 0.25) is 5.91 Å². The number of benzene rings is 3. The van der Waals surface area contributed by atoms with Gasteiger partial charge >= 0.3 is 0 Å². The molecule has 3 aromatic rings. The molecular formula is C25H27N3O2. The van der Waals surface area contributed by atoms with Crippen molar-refractivity contribution in [2.24, 2.45) is 0 Å². The molecule has 30 heavy (non-hydrogen) atoms. The van der Waals surface area contributed by atoms with Crippen LogP contribution in [0.2, 0.25) is 0 Å². The molecule has 2 amide bonds. The summed E-state index contributed by atoms with van der Waals surface area (Å²) in [7, 11) is 0. The van der Waals surface area contributed by atoms with Crippen molar-refractivity contribution < 1.29 is 9.59 Å². The zero-order valence-electron chi connectivity index (χ0n) is 17.4. The molecule has 0 bridgehead atoms. The van der Waals surface area contributed by atoms with E-state index in [4.69, 9.17) is 0 Å². The summed E-state index contributed by atoms with van der Waals surface area (Å²) in [6.07, 6.45) is 1.77. The molecule has 0 unspecified atom stereocenters. The second-order valence-electron chi connectivity index (χ2n) is 8.07. The van der Waals surface area contributed by atoms with Gasteiger partial charge in [0.15, 0.2) is 0 Å². The van der Waals surface area contributed by atoms with Gasteiger partial charge in [0.05, 0.1) is 6.54 Å². The zero-order valence-corrected chi connectivity index (χ0v) is 17.4. The molecule has 2 N–H and O–H groups in total. The summed E-state index contributed by atoms with van der Waals surface area (Å²) in [6.45, 7) is 4.97. The minimum absolute atomic E-state index is 0.0516. The normalized spacial score (nSPS) is 13.2. The van der Waals surface area contributed by atoms with Gasteiger partial charge in [-0.15, -0.1) is 0 Å². The molecule has 0 fully saturated rings. The molecule has 4 rings (SSSR count). The van der Waals surface area contributed by atoms with Crippen molar-refractivity contribution in [2.45, 2.75) is 32.7 Å². The molecule has 0 saturated heterocycles. The van der Waals surface area contributed by atoms with E-state index >= 15 is 0 Å². The van der Waals surface area contributed by atoms with Crippen molar-refractivity contribution in [1.82, 2.24) is 5.32 Å². The Bertz CT molecular complexity index is 1090. The first kappa shape index (κ1) is 20.0. The number of anilines is 2. The van der Waals surface area contributed by atoms with Gasteiger partial charge in [-0.2, -0.15) is 0 Å². The SMILES string of the molecule is CC(C)NC(=O)c1cccc2c1CCCN2CC(=O)Nc1ccc2ccccc2c1. The molecule has 154 valence electrons. The number of hydrogen-bond donors (Lipinski definition) is 2. The van der Waals surface area contributed by atoms with Crippen molar-refractivity contribution in [3.05, 3.63) is 71.8 Å². The van der Waals surface area contributed by atoms with Crippen molar-refractivity contribution in [3.63, 3.8) is 0 Å². The minimum Gasteiger partial charge on any atom is -0.362 e. The monoisotopic (exact) mass is 401 g/mol. The summed E-state index contributed by atoms with van der Waals surface area (Å²) in [4.78, 5) is 27.4. The van der Waals surface area contributed by atoms with Crippen LogP contribution in [-0.4, -0.2) is 30.9 Å². The molecule has 0 aliphatic carbocycles. The number of carbonyl (C=O) groups excluding carboxylic acids is 2. The zero-order chi connectivity index (χ0) is 21.1. The molecule has 5 nitrogen and oxygen atoms in total. The first-order valence-corrected chi connectivity index (χ1v) is 10.5. The highest BCUT2D eigenvalue weighted by molar-refractivity contribution is 5.99. The Kier molecular flexibility index (Phi) is 5.70. The van der Waals surface area contributed by atoms with E-state index in [1.54, 1.807) is 0 Å². The lowest BCUT2D eigenvalue weighted by Gasteiger charge is -2.32. The van der Waals surface area contributed by atoms with E-state index in [2.05, 4.69) is 21.6 Å². The van der Waals surface area contributed by atoms with Crippen molar-refractivity contribution >= 4 is 34.0 Å². The summed E-state index contributed by atoms with van der Waals surface area (Å²) in [6, 6.07) is 19.9. The third-order valence-electron chi connectivity index (χ3n) is 5.38. The van der Waals surface area contributed by atoms with Gasteiger partial charge in [0, 0.05) is 29.5 Å². The van der Waals surface area contributed by atoms with Crippen LogP contribution >= 0.6 is 0 Å². The predicted molar refractivity (Wildman–Crippen MR) is 122 cm³/mol. The molecule has 0 aromatic heterocycles. The minimum atomic E-state index is -0.0600. The van der Waals surface area contributed by atoms with E-state index < -0.39 is 0 Å². The number of amides is 2. The maximum absolute atomic E-state index is 12.8. The fourth-order valence-electron chi connectivity index (χ4n) is 4.06. The van der Waals surface area contributed by atoms with Crippen LogP contribution in [0, 0.1) is 0 Å². The van der Waals surface area contributed by atoms with Crippen LogP contribution in [0.25, 0.3) is 10.8 Å². The van der Waals surface area contributed by atoms with Gasteiger partial charge in [0.1, 0.15) is 0 Å². The summed E-state index contributed by atoms with van der Waals surface area (Å²) in [5.41, 5.74) is 3.51. The van der Waals surface area contributed by atoms with E-state index in [-0.39, 0.29) is 24.4 Å². The highest BCUT2D eigenvalue weighted by atomic mass is 16.2. The van der Waals surface area contributed by atoms with Crippen molar-refractivity contribution in [2.75, 3.05) is 23.3 Å². The van der Waals surface area contributed by atoms with Crippen LogP contribution in [0.5, 0.6) is 0 Å². The molecule has 0 saturated carbocycles. The molecule has 5 heteroatoms. The Morgan fingerprint density at radius 3 is 2.60 bits per heavy atom. The molecule has 1 aliphatic heterocycles. The van der Waals surface area contributed by atoms with E-state index in [0.717, 1.165) is 47.1 Å². The van der Waals surface area contributed by atoms with E-state index in [1.165, 1.54) is 0 Å². The van der Waals surface area contributed by atoms with Crippen LogP contribution in [0.4, 0.5) is 11.4 Å². The van der Waals surface area contributed by atoms with Crippen LogP contribution < -0.4 is 15.5 Å². The highest BCUT2D eigenvalue weighted by Gasteiger charge is 2.23. The molecule has 3 aromatic carbocycles. The number of nitrogens with one attached hydrogen (secondary N) is 2. The number of fused-ring (bicyclic) bond motifs is 2. The van der Waals surface area contributed by atoms with Gasteiger partial charge in [-0.05, 0) is 67.3 Å². The van der Waals surface area contributed by atoms with Crippen LogP contribution in [-0.2, 0) is 11.2 Å². The van der Waals surface area contributed by atoms with Crippen LogP contribution in [0.1, 0.15) is 36.2 Å².